The first-order chi connectivity index (χ1) is 9.36. The highest BCUT2D eigenvalue weighted by Crippen LogP contribution is 2.20. The number of amides is 3. The molecule has 1 aromatic rings. The van der Waals surface area contributed by atoms with E-state index in [2.05, 4.69) is 21.2 Å². The summed E-state index contributed by atoms with van der Waals surface area (Å²) < 4.78 is 0.868. The van der Waals surface area contributed by atoms with E-state index in [1.54, 1.807) is 19.1 Å². The number of hydrogen-bond donors (Lipinski definition) is 2. The second-order valence-corrected chi connectivity index (χ2v) is 5.09. The van der Waals surface area contributed by atoms with Gasteiger partial charge in [0.2, 0.25) is 5.91 Å². The Labute approximate surface area is 125 Å². The molecule has 1 aromatic carbocycles. The van der Waals surface area contributed by atoms with Gasteiger partial charge in [-0.15, -0.1) is 0 Å². The Morgan fingerprint density at radius 3 is 2.50 bits per heavy atom. The average molecular weight is 342 g/mol. The van der Waals surface area contributed by atoms with Crippen molar-refractivity contribution in [2.45, 2.75) is 13.8 Å². The van der Waals surface area contributed by atoms with E-state index in [4.69, 9.17) is 5.73 Å². The van der Waals surface area contributed by atoms with Gasteiger partial charge in [0.05, 0.1) is 0 Å². The molecule has 1 rings (SSSR count). The molecule has 0 spiro atoms. The Balaban J connectivity index is 2.84. The molecule has 0 aliphatic carbocycles. The van der Waals surface area contributed by atoms with E-state index in [9.17, 15) is 14.4 Å². The van der Waals surface area contributed by atoms with E-state index in [0.717, 1.165) is 14.9 Å². The molecule has 0 aliphatic heterocycles. The number of halogens is 1. The number of nitrogens with one attached hydrogen (secondary N) is 1. The second kappa shape index (κ2) is 7.16. The van der Waals surface area contributed by atoms with E-state index in [1.165, 1.54) is 6.92 Å². The summed E-state index contributed by atoms with van der Waals surface area (Å²) in [6.45, 7) is 3.13. The minimum absolute atomic E-state index is 0.0148. The quantitative estimate of drug-likeness (QED) is 0.803. The lowest BCUT2D eigenvalue weighted by Gasteiger charge is -2.17. The topological polar surface area (TPSA) is 92.5 Å². The summed E-state index contributed by atoms with van der Waals surface area (Å²) in [5.74, 6) is -2.28. The highest BCUT2D eigenvalue weighted by atomic mass is 79.9. The van der Waals surface area contributed by atoms with Gasteiger partial charge in [0.15, 0.2) is 0 Å². The number of nitrogens with zero attached hydrogens (tertiary/aromatic N) is 1. The van der Waals surface area contributed by atoms with Gasteiger partial charge in [-0.1, -0.05) is 15.9 Å². The number of carbonyl (C=O) groups is 3. The van der Waals surface area contributed by atoms with Crippen molar-refractivity contribution < 1.29 is 14.4 Å². The van der Waals surface area contributed by atoms with Crippen LogP contribution in [0.25, 0.3) is 0 Å². The third-order valence-corrected chi connectivity index (χ3v) is 3.10. The van der Waals surface area contributed by atoms with E-state index < -0.39 is 17.7 Å². The van der Waals surface area contributed by atoms with Crippen molar-refractivity contribution >= 4 is 39.3 Å². The predicted octanol–water partition coefficient (Wildman–Crippen LogP) is 1.03. The van der Waals surface area contributed by atoms with Crippen molar-refractivity contribution in [1.82, 2.24) is 4.90 Å². The van der Waals surface area contributed by atoms with Crippen molar-refractivity contribution in [3.63, 3.8) is 0 Å². The van der Waals surface area contributed by atoms with E-state index >= 15 is 0 Å². The van der Waals surface area contributed by atoms with Crippen LogP contribution in [0.4, 0.5) is 5.69 Å². The molecule has 3 amide bonds. The van der Waals surface area contributed by atoms with Gasteiger partial charge in [-0.05, 0) is 30.7 Å². The molecule has 0 fully saturated rings. The van der Waals surface area contributed by atoms with Crippen LogP contribution in [-0.2, 0) is 14.4 Å². The lowest BCUT2D eigenvalue weighted by molar-refractivity contribution is -0.149. The summed E-state index contributed by atoms with van der Waals surface area (Å²) in [6, 6.07) is 5.23. The Bertz CT molecular complexity index is 546. The van der Waals surface area contributed by atoms with E-state index in [-0.39, 0.29) is 13.1 Å². The molecule has 0 bridgehead atoms. The number of anilines is 1. The van der Waals surface area contributed by atoms with Gasteiger partial charge < -0.3 is 11.1 Å². The summed E-state index contributed by atoms with van der Waals surface area (Å²) in [5, 5.41) is 2.49. The molecular formula is C13H16BrN3O3. The molecule has 7 heteroatoms. The fraction of sp³-hybridized carbons (Fsp3) is 0.308. The second-order valence-electron chi connectivity index (χ2n) is 4.18. The van der Waals surface area contributed by atoms with E-state index in [0.29, 0.717) is 5.69 Å². The molecule has 0 radical (unpaired) electrons. The maximum Gasteiger partial charge on any atom is 0.318 e. The van der Waals surface area contributed by atoms with Crippen molar-refractivity contribution in [3.8, 4) is 0 Å². The van der Waals surface area contributed by atoms with Crippen LogP contribution in [0.15, 0.2) is 22.7 Å². The Kier molecular flexibility index (Phi) is 5.84. The zero-order valence-electron chi connectivity index (χ0n) is 11.3. The van der Waals surface area contributed by atoms with Crippen molar-refractivity contribution in [1.29, 1.82) is 0 Å². The monoisotopic (exact) mass is 341 g/mol. The summed E-state index contributed by atoms with van der Waals surface area (Å²) in [5.41, 5.74) is 6.63. The van der Waals surface area contributed by atoms with Gasteiger partial charge >= 0.3 is 11.8 Å². The van der Waals surface area contributed by atoms with Gasteiger partial charge in [0.1, 0.15) is 0 Å². The minimum Gasteiger partial charge on any atom is -0.329 e. The number of hydrogen-bond acceptors (Lipinski definition) is 4. The molecule has 0 heterocycles. The third kappa shape index (κ3) is 4.14. The summed E-state index contributed by atoms with van der Waals surface area (Å²) in [4.78, 5) is 35.9. The van der Waals surface area contributed by atoms with Gasteiger partial charge in [-0.2, -0.15) is 0 Å². The molecule has 20 heavy (non-hydrogen) atoms. The third-order valence-electron chi connectivity index (χ3n) is 2.61. The van der Waals surface area contributed by atoms with Crippen LogP contribution in [0.5, 0.6) is 0 Å². The SMILES string of the molecule is CC(=O)N(CCN)C(=O)C(=O)Nc1ccc(Br)cc1C. The molecule has 3 N–H and O–H groups in total. The zero-order valence-corrected chi connectivity index (χ0v) is 12.9. The first kappa shape index (κ1) is 16.3. The van der Waals surface area contributed by atoms with Gasteiger partial charge in [-0.3, -0.25) is 19.3 Å². The molecular weight excluding hydrogens is 326 g/mol. The normalized spacial score (nSPS) is 10.0. The standard InChI is InChI=1S/C13H16BrN3O3/c1-8-7-10(14)3-4-11(8)16-12(19)13(20)17(6-5-15)9(2)18/h3-4,7H,5-6,15H2,1-2H3,(H,16,19). The molecule has 0 saturated carbocycles. The summed E-state index contributed by atoms with van der Waals surface area (Å²) in [7, 11) is 0. The van der Waals surface area contributed by atoms with Crippen LogP contribution in [-0.4, -0.2) is 35.7 Å². The fourth-order valence-corrected chi connectivity index (χ4v) is 2.07. The zero-order chi connectivity index (χ0) is 15.3. The number of nitrogens with two attached hydrogens (primary N) is 1. The first-order valence-electron chi connectivity index (χ1n) is 5.96. The van der Waals surface area contributed by atoms with Crippen LogP contribution < -0.4 is 11.1 Å². The van der Waals surface area contributed by atoms with Gasteiger partial charge in [0.25, 0.3) is 0 Å². The Morgan fingerprint density at radius 1 is 1.35 bits per heavy atom. The van der Waals surface area contributed by atoms with Crippen molar-refractivity contribution in [3.05, 3.63) is 28.2 Å². The van der Waals surface area contributed by atoms with Gasteiger partial charge in [0, 0.05) is 30.2 Å². The number of benzene rings is 1. The highest BCUT2D eigenvalue weighted by molar-refractivity contribution is 9.10. The lowest BCUT2D eigenvalue weighted by atomic mass is 10.2. The van der Waals surface area contributed by atoms with Crippen LogP contribution in [0, 0.1) is 6.92 Å². The largest absolute Gasteiger partial charge is 0.329 e. The molecule has 0 unspecified atom stereocenters. The lowest BCUT2D eigenvalue weighted by Crippen LogP contribution is -2.44. The number of carbonyl (C=O) groups excluding carboxylic acids is 3. The fourth-order valence-electron chi connectivity index (χ4n) is 1.60. The van der Waals surface area contributed by atoms with E-state index in [1.807, 2.05) is 6.07 Å². The maximum atomic E-state index is 11.9. The molecule has 0 aromatic heterocycles. The molecule has 0 aliphatic rings. The van der Waals surface area contributed by atoms with Gasteiger partial charge in [-0.25, -0.2) is 0 Å². The predicted molar refractivity (Wildman–Crippen MR) is 79.0 cm³/mol. The number of imide groups is 1. The Morgan fingerprint density at radius 2 is 2.00 bits per heavy atom. The first-order valence-corrected chi connectivity index (χ1v) is 6.75. The van der Waals surface area contributed by atoms with Crippen molar-refractivity contribution in [2.75, 3.05) is 18.4 Å². The van der Waals surface area contributed by atoms with Crippen LogP contribution in [0.3, 0.4) is 0 Å². The summed E-state index contributed by atoms with van der Waals surface area (Å²) >= 11 is 3.31. The van der Waals surface area contributed by atoms with Crippen LogP contribution in [0.2, 0.25) is 0 Å². The van der Waals surface area contributed by atoms with Crippen LogP contribution >= 0.6 is 15.9 Å². The Hall–Kier alpha value is -1.73. The average Bonchev–Trinajstić information content (AvgIpc) is 2.38. The maximum absolute atomic E-state index is 11.9. The van der Waals surface area contributed by atoms with Crippen LogP contribution in [0.1, 0.15) is 12.5 Å². The van der Waals surface area contributed by atoms with Crippen molar-refractivity contribution in [2.24, 2.45) is 5.73 Å². The molecule has 0 atom stereocenters. The highest BCUT2D eigenvalue weighted by Gasteiger charge is 2.24. The molecule has 108 valence electrons. The smallest absolute Gasteiger partial charge is 0.318 e. The molecule has 0 saturated heterocycles. The number of aryl methyl sites for hydroxylation is 1. The molecule has 6 nitrogen and oxygen atoms in total. The number of rotatable bonds is 3. The summed E-state index contributed by atoms with van der Waals surface area (Å²) in [6.07, 6.45) is 0. The minimum atomic E-state index is -0.912.